The zero-order valence-corrected chi connectivity index (χ0v) is 14.0. The number of rotatable bonds is 7. The lowest BCUT2D eigenvalue weighted by Gasteiger charge is -2.12. The zero-order valence-electron chi connectivity index (χ0n) is 14.0. The molecule has 5 heteroatoms. The van der Waals surface area contributed by atoms with E-state index in [9.17, 15) is 0 Å². The first-order valence-corrected chi connectivity index (χ1v) is 8.39. The Hall–Kier alpha value is -2.56. The molecule has 1 aromatic heterocycles. The number of hydrogen-bond donors (Lipinski definition) is 2. The summed E-state index contributed by atoms with van der Waals surface area (Å²) in [6.45, 7) is 2.19. The summed E-state index contributed by atoms with van der Waals surface area (Å²) in [4.78, 5) is 8.52. The van der Waals surface area contributed by atoms with Crippen molar-refractivity contribution in [2.75, 3.05) is 13.6 Å². The molecule has 126 valence electrons. The van der Waals surface area contributed by atoms with Crippen molar-refractivity contribution in [3.05, 3.63) is 59.9 Å². The molecule has 0 unspecified atom stereocenters. The van der Waals surface area contributed by atoms with Gasteiger partial charge in [0, 0.05) is 26.3 Å². The fourth-order valence-electron chi connectivity index (χ4n) is 2.36. The predicted molar refractivity (Wildman–Crippen MR) is 95.9 cm³/mol. The SMILES string of the molecule is CN=C(NCc1cccc(OCc2ccccn2)c1)NCC1CC1. The lowest BCUT2D eigenvalue weighted by atomic mass is 10.2. The lowest BCUT2D eigenvalue weighted by Crippen LogP contribution is -2.37. The molecule has 0 bridgehead atoms. The summed E-state index contributed by atoms with van der Waals surface area (Å²) in [6, 6.07) is 13.9. The Morgan fingerprint density at radius 2 is 2.12 bits per heavy atom. The van der Waals surface area contributed by atoms with Gasteiger partial charge in [0.1, 0.15) is 12.4 Å². The molecule has 1 heterocycles. The van der Waals surface area contributed by atoms with Crippen LogP contribution in [0.4, 0.5) is 0 Å². The molecule has 1 aromatic carbocycles. The van der Waals surface area contributed by atoms with Crippen molar-refractivity contribution < 1.29 is 4.74 Å². The minimum atomic E-state index is 0.475. The van der Waals surface area contributed by atoms with Crippen LogP contribution in [0.2, 0.25) is 0 Å². The highest BCUT2D eigenvalue weighted by atomic mass is 16.5. The van der Waals surface area contributed by atoms with E-state index in [4.69, 9.17) is 4.74 Å². The molecular formula is C19H24N4O. The number of ether oxygens (including phenoxy) is 1. The molecule has 2 aromatic rings. The minimum absolute atomic E-state index is 0.475. The minimum Gasteiger partial charge on any atom is -0.487 e. The largest absolute Gasteiger partial charge is 0.487 e. The van der Waals surface area contributed by atoms with Gasteiger partial charge in [0.2, 0.25) is 0 Å². The average Bonchev–Trinajstić information content (AvgIpc) is 3.46. The Morgan fingerprint density at radius 1 is 1.21 bits per heavy atom. The molecule has 0 radical (unpaired) electrons. The van der Waals surface area contributed by atoms with E-state index in [1.54, 1.807) is 13.2 Å². The molecule has 5 nitrogen and oxygen atoms in total. The molecule has 2 N–H and O–H groups in total. The average molecular weight is 324 g/mol. The summed E-state index contributed by atoms with van der Waals surface area (Å²) in [5.74, 6) is 2.52. The number of aliphatic imine (C=N–C) groups is 1. The Kier molecular flexibility index (Phi) is 5.66. The number of nitrogens with one attached hydrogen (secondary N) is 2. The van der Waals surface area contributed by atoms with Crippen molar-refractivity contribution in [1.82, 2.24) is 15.6 Å². The van der Waals surface area contributed by atoms with Gasteiger partial charge in [0.15, 0.2) is 5.96 Å². The van der Waals surface area contributed by atoms with Gasteiger partial charge in [0.25, 0.3) is 0 Å². The Balaban J connectivity index is 1.48. The van der Waals surface area contributed by atoms with Crippen molar-refractivity contribution in [3.63, 3.8) is 0 Å². The van der Waals surface area contributed by atoms with Crippen LogP contribution < -0.4 is 15.4 Å². The molecule has 1 saturated carbocycles. The van der Waals surface area contributed by atoms with Crippen molar-refractivity contribution in [3.8, 4) is 5.75 Å². The third-order valence-corrected chi connectivity index (χ3v) is 3.95. The fourth-order valence-corrected chi connectivity index (χ4v) is 2.36. The highest BCUT2D eigenvalue weighted by Crippen LogP contribution is 2.27. The van der Waals surface area contributed by atoms with Gasteiger partial charge in [-0.05, 0) is 48.6 Å². The molecule has 1 aliphatic carbocycles. The molecule has 0 amide bonds. The van der Waals surface area contributed by atoms with Crippen molar-refractivity contribution >= 4 is 5.96 Å². The van der Waals surface area contributed by atoms with Crippen LogP contribution in [0, 0.1) is 5.92 Å². The standard InChI is InChI=1S/C19H24N4O/c1-20-19(22-12-15-8-9-15)23-13-16-5-4-7-18(11-16)24-14-17-6-2-3-10-21-17/h2-7,10-11,15H,8-9,12-14H2,1H3,(H2,20,22,23). The number of benzene rings is 1. The predicted octanol–water partition coefficient (Wildman–Crippen LogP) is 2.74. The Bertz CT molecular complexity index is 668. The second kappa shape index (κ2) is 8.34. The third kappa shape index (κ3) is 5.26. The van der Waals surface area contributed by atoms with E-state index >= 15 is 0 Å². The van der Waals surface area contributed by atoms with E-state index in [2.05, 4.69) is 26.7 Å². The van der Waals surface area contributed by atoms with E-state index in [-0.39, 0.29) is 0 Å². The first kappa shape index (κ1) is 16.3. The van der Waals surface area contributed by atoms with E-state index < -0.39 is 0 Å². The van der Waals surface area contributed by atoms with Gasteiger partial charge >= 0.3 is 0 Å². The second-order valence-electron chi connectivity index (χ2n) is 6.01. The van der Waals surface area contributed by atoms with E-state index in [0.29, 0.717) is 13.2 Å². The van der Waals surface area contributed by atoms with Crippen molar-refractivity contribution in [1.29, 1.82) is 0 Å². The fraction of sp³-hybridized carbons (Fsp3) is 0.368. The maximum absolute atomic E-state index is 5.82. The van der Waals surface area contributed by atoms with Gasteiger partial charge in [0.05, 0.1) is 5.69 Å². The van der Waals surface area contributed by atoms with E-state index in [1.165, 1.54) is 12.8 Å². The number of pyridine rings is 1. The number of aromatic nitrogens is 1. The van der Waals surface area contributed by atoms with Gasteiger partial charge in [-0.25, -0.2) is 0 Å². The van der Waals surface area contributed by atoms with Crippen LogP contribution in [-0.4, -0.2) is 24.5 Å². The molecule has 0 spiro atoms. The van der Waals surface area contributed by atoms with Crippen LogP contribution in [0.15, 0.2) is 53.7 Å². The lowest BCUT2D eigenvalue weighted by molar-refractivity contribution is 0.301. The summed E-state index contributed by atoms with van der Waals surface area (Å²) in [5.41, 5.74) is 2.08. The zero-order chi connectivity index (χ0) is 16.6. The summed E-state index contributed by atoms with van der Waals surface area (Å²) in [7, 11) is 1.80. The van der Waals surface area contributed by atoms with Gasteiger partial charge in [-0.3, -0.25) is 9.98 Å². The van der Waals surface area contributed by atoms with Crippen LogP contribution in [0.3, 0.4) is 0 Å². The summed E-state index contributed by atoms with van der Waals surface area (Å²) in [6.07, 6.45) is 4.44. The van der Waals surface area contributed by atoms with Crippen molar-refractivity contribution in [2.24, 2.45) is 10.9 Å². The second-order valence-corrected chi connectivity index (χ2v) is 6.01. The third-order valence-electron chi connectivity index (χ3n) is 3.95. The highest BCUT2D eigenvalue weighted by Gasteiger charge is 2.20. The van der Waals surface area contributed by atoms with E-state index in [1.807, 2.05) is 36.4 Å². The monoisotopic (exact) mass is 324 g/mol. The highest BCUT2D eigenvalue weighted by molar-refractivity contribution is 5.79. The van der Waals surface area contributed by atoms with Crippen LogP contribution in [-0.2, 0) is 13.2 Å². The molecule has 1 fully saturated rings. The van der Waals surface area contributed by atoms with Crippen LogP contribution in [0.1, 0.15) is 24.1 Å². The molecule has 0 saturated heterocycles. The molecular weight excluding hydrogens is 300 g/mol. The Morgan fingerprint density at radius 3 is 2.88 bits per heavy atom. The molecule has 1 aliphatic rings. The van der Waals surface area contributed by atoms with Crippen LogP contribution in [0.25, 0.3) is 0 Å². The van der Waals surface area contributed by atoms with Gasteiger partial charge < -0.3 is 15.4 Å². The number of guanidine groups is 1. The van der Waals surface area contributed by atoms with Gasteiger partial charge in [-0.2, -0.15) is 0 Å². The van der Waals surface area contributed by atoms with Gasteiger partial charge in [-0.15, -0.1) is 0 Å². The smallest absolute Gasteiger partial charge is 0.191 e. The van der Waals surface area contributed by atoms with E-state index in [0.717, 1.165) is 35.4 Å². The molecule has 3 rings (SSSR count). The summed E-state index contributed by atoms with van der Waals surface area (Å²) in [5, 5.41) is 6.70. The van der Waals surface area contributed by atoms with Gasteiger partial charge in [-0.1, -0.05) is 18.2 Å². The number of nitrogens with zero attached hydrogens (tertiary/aromatic N) is 2. The van der Waals surface area contributed by atoms with Crippen LogP contribution >= 0.6 is 0 Å². The molecule has 24 heavy (non-hydrogen) atoms. The maximum atomic E-state index is 5.82. The topological polar surface area (TPSA) is 58.5 Å². The first-order chi connectivity index (χ1) is 11.8. The normalized spacial score (nSPS) is 14.3. The summed E-state index contributed by atoms with van der Waals surface area (Å²) >= 11 is 0. The molecule has 0 aliphatic heterocycles. The van der Waals surface area contributed by atoms with Crippen LogP contribution in [0.5, 0.6) is 5.75 Å². The first-order valence-electron chi connectivity index (χ1n) is 8.39. The van der Waals surface area contributed by atoms with Crippen molar-refractivity contribution in [2.45, 2.75) is 26.0 Å². The number of hydrogen-bond acceptors (Lipinski definition) is 3. The Labute approximate surface area is 143 Å². The quantitative estimate of drug-likeness (QED) is 0.607. The molecule has 0 atom stereocenters. The summed E-state index contributed by atoms with van der Waals surface area (Å²) < 4.78 is 5.82. The maximum Gasteiger partial charge on any atom is 0.191 e.